The van der Waals surface area contributed by atoms with Crippen molar-refractivity contribution in [2.45, 2.75) is 13.3 Å². The molecule has 0 radical (unpaired) electrons. The standard InChI is InChI=1S/C9H16N2O2S/c1-2-14-6-5-11-4-3-8(12)10-7-9(11)13/h2-7H2,1H3,(H,10,12). The maximum absolute atomic E-state index is 11.5. The van der Waals surface area contributed by atoms with Gasteiger partial charge in [0, 0.05) is 25.3 Å². The van der Waals surface area contributed by atoms with Gasteiger partial charge in [0.05, 0.1) is 6.54 Å². The Labute approximate surface area is 88.4 Å². The van der Waals surface area contributed by atoms with E-state index in [1.54, 1.807) is 4.90 Å². The first-order chi connectivity index (χ1) is 6.74. The largest absolute Gasteiger partial charge is 0.347 e. The summed E-state index contributed by atoms with van der Waals surface area (Å²) in [7, 11) is 0. The van der Waals surface area contributed by atoms with Crippen molar-refractivity contribution in [1.29, 1.82) is 0 Å². The van der Waals surface area contributed by atoms with Crippen LogP contribution >= 0.6 is 11.8 Å². The lowest BCUT2D eigenvalue weighted by Gasteiger charge is -2.18. The highest BCUT2D eigenvalue weighted by Gasteiger charge is 2.18. The molecule has 5 heteroatoms. The molecule has 1 heterocycles. The second-order valence-corrected chi connectivity index (χ2v) is 4.50. The van der Waals surface area contributed by atoms with Gasteiger partial charge in [-0.1, -0.05) is 6.92 Å². The molecule has 1 aliphatic rings. The molecule has 4 nitrogen and oxygen atoms in total. The molecule has 0 spiro atoms. The summed E-state index contributed by atoms with van der Waals surface area (Å²) in [6.45, 7) is 3.58. The monoisotopic (exact) mass is 216 g/mol. The summed E-state index contributed by atoms with van der Waals surface area (Å²) >= 11 is 1.81. The Kier molecular flexibility index (Phi) is 4.79. The lowest BCUT2D eigenvalue weighted by Crippen LogP contribution is -2.36. The quantitative estimate of drug-likeness (QED) is 0.677. The topological polar surface area (TPSA) is 49.4 Å². The summed E-state index contributed by atoms with van der Waals surface area (Å²) in [6, 6.07) is 0. The zero-order valence-corrected chi connectivity index (χ0v) is 9.23. The third kappa shape index (κ3) is 3.57. The first-order valence-electron chi connectivity index (χ1n) is 4.86. The number of nitrogens with zero attached hydrogens (tertiary/aromatic N) is 1. The van der Waals surface area contributed by atoms with Gasteiger partial charge in [-0.3, -0.25) is 9.59 Å². The lowest BCUT2D eigenvalue weighted by atomic mass is 10.4. The summed E-state index contributed by atoms with van der Waals surface area (Å²) in [4.78, 5) is 24.2. The molecule has 0 unspecified atom stereocenters. The van der Waals surface area contributed by atoms with E-state index in [9.17, 15) is 9.59 Å². The Morgan fingerprint density at radius 1 is 1.50 bits per heavy atom. The maximum Gasteiger partial charge on any atom is 0.242 e. The van der Waals surface area contributed by atoms with Crippen molar-refractivity contribution in [2.75, 3.05) is 31.1 Å². The van der Waals surface area contributed by atoms with Crippen molar-refractivity contribution in [3.8, 4) is 0 Å². The Bertz CT molecular complexity index is 221. The SMILES string of the molecule is CCSCCN1CCC(=O)NCC1=O. The van der Waals surface area contributed by atoms with E-state index in [1.807, 2.05) is 11.8 Å². The Balaban J connectivity index is 2.34. The van der Waals surface area contributed by atoms with Crippen LogP contribution in [0.2, 0.25) is 0 Å². The fourth-order valence-electron chi connectivity index (χ4n) is 1.29. The van der Waals surface area contributed by atoms with Gasteiger partial charge in [0.2, 0.25) is 11.8 Å². The summed E-state index contributed by atoms with van der Waals surface area (Å²) in [6.07, 6.45) is 0.433. The highest BCUT2D eigenvalue weighted by Crippen LogP contribution is 2.03. The van der Waals surface area contributed by atoms with Crippen LogP contribution in [-0.4, -0.2) is 47.9 Å². The molecule has 1 saturated heterocycles. The fourth-order valence-corrected chi connectivity index (χ4v) is 1.93. The van der Waals surface area contributed by atoms with E-state index in [-0.39, 0.29) is 18.4 Å². The molecule has 1 rings (SSSR count). The van der Waals surface area contributed by atoms with Crippen LogP contribution in [0.4, 0.5) is 0 Å². The van der Waals surface area contributed by atoms with Crippen molar-refractivity contribution < 1.29 is 9.59 Å². The van der Waals surface area contributed by atoms with Crippen LogP contribution < -0.4 is 5.32 Å². The van der Waals surface area contributed by atoms with Gasteiger partial charge in [-0.05, 0) is 5.75 Å². The average Bonchev–Trinajstić information content (AvgIpc) is 2.33. The van der Waals surface area contributed by atoms with Crippen LogP contribution in [0.5, 0.6) is 0 Å². The number of thioether (sulfide) groups is 1. The number of hydrogen-bond acceptors (Lipinski definition) is 3. The molecule has 0 aliphatic carbocycles. The molecule has 1 N–H and O–H groups in total. The van der Waals surface area contributed by atoms with Crippen LogP contribution in [0.1, 0.15) is 13.3 Å². The second kappa shape index (κ2) is 5.90. The minimum absolute atomic E-state index is 0.0241. The van der Waals surface area contributed by atoms with Gasteiger partial charge in [0.25, 0.3) is 0 Å². The molecule has 1 aliphatic heterocycles. The van der Waals surface area contributed by atoms with Crippen LogP contribution in [0, 0.1) is 0 Å². The maximum atomic E-state index is 11.5. The number of rotatable bonds is 4. The second-order valence-electron chi connectivity index (χ2n) is 3.10. The van der Waals surface area contributed by atoms with E-state index in [0.29, 0.717) is 13.0 Å². The fraction of sp³-hybridized carbons (Fsp3) is 0.778. The first-order valence-corrected chi connectivity index (χ1v) is 6.01. The van der Waals surface area contributed by atoms with Crippen LogP contribution in [0.3, 0.4) is 0 Å². The van der Waals surface area contributed by atoms with Crippen LogP contribution in [-0.2, 0) is 9.59 Å². The molecule has 14 heavy (non-hydrogen) atoms. The molecule has 2 amide bonds. The van der Waals surface area contributed by atoms with E-state index >= 15 is 0 Å². The zero-order valence-electron chi connectivity index (χ0n) is 8.41. The predicted octanol–water partition coefficient (Wildman–Crippen LogP) is 0.0880. The van der Waals surface area contributed by atoms with Crippen molar-refractivity contribution >= 4 is 23.6 Å². The van der Waals surface area contributed by atoms with Crippen molar-refractivity contribution in [3.63, 3.8) is 0 Å². The predicted molar refractivity (Wildman–Crippen MR) is 57.2 cm³/mol. The van der Waals surface area contributed by atoms with Crippen LogP contribution in [0.25, 0.3) is 0 Å². The van der Waals surface area contributed by atoms with E-state index in [4.69, 9.17) is 0 Å². The molecule has 0 bridgehead atoms. The minimum Gasteiger partial charge on any atom is -0.347 e. The highest BCUT2D eigenvalue weighted by molar-refractivity contribution is 7.99. The molecule has 0 saturated carbocycles. The third-order valence-electron chi connectivity index (χ3n) is 2.11. The highest BCUT2D eigenvalue weighted by atomic mass is 32.2. The first kappa shape index (κ1) is 11.4. The van der Waals surface area contributed by atoms with Gasteiger partial charge in [-0.15, -0.1) is 0 Å². The Hall–Kier alpha value is -0.710. The van der Waals surface area contributed by atoms with Gasteiger partial charge in [-0.2, -0.15) is 11.8 Å². The Morgan fingerprint density at radius 2 is 2.29 bits per heavy atom. The number of amides is 2. The summed E-state index contributed by atoms with van der Waals surface area (Å²) in [5.74, 6) is 2.03. The zero-order chi connectivity index (χ0) is 10.4. The molecule has 0 aromatic carbocycles. The van der Waals surface area contributed by atoms with Gasteiger partial charge >= 0.3 is 0 Å². The molecule has 0 atom stereocenters. The van der Waals surface area contributed by atoms with Gasteiger partial charge in [-0.25, -0.2) is 0 Å². The summed E-state index contributed by atoms with van der Waals surface area (Å²) in [5, 5.41) is 2.58. The molecule has 80 valence electrons. The molecule has 0 aromatic rings. The van der Waals surface area contributed by atoms with E-state index in [2.05, 4.69) is 12.2 Å². The number of carbonyl (C=O) groups is 2. The average molecular weight is 216 g/mol. The number of carbonyl (C=O) groups excluding carboxylic acids is 2. The molecular weight excluding hydrogens is 200 g/mol. The summed E-state index contributed by atoms with van der Waals surface area (Å²) < 4.78 is 0. The van der Waals surface area contributed by atoms with Crippen molar-refractivity contribution in [3.05, 3.63) is 0 Å². The lowest BCUT2D eigenvalue weighted by molar-refractivity contribution is -0.129. The van der Waals surface area contributed by atoms with Crippen LogP contribution in [0.15, 0.2) is 0 Å². The van der Waals surface area contributed by atoms with Gasteiger partial charge in [0.15, 0.2) is 0 Å². The van der Waals surface area contributed by atoms with Gasteiger partial charge < -0.3 is 10.2 Å². The molecule has 0 aromatic heterocycles. The molecular formula is C9H16N2O2S. The van der Waals surface area contributed by atoms with Crippen molar-refractivity contribution in [1.82, 2.24) is 10.2 Å². The van der Waals surface area contributed by atoms with E-state index in [1.165, 1.54) is 0 Å². The normalized spacial score (nSPS) is 17.9. The molecule has 1 fully saturated rings. The minimum atomic E-state index is -0.0241. The summed E-state index contributed by atoms with van der Waals surface area (Å²) in [5.41, 5.74) is 0. The van der Waals surface area contributed by atoms with E-state index in [0.717, 1.165) is 18.1 Å². The van der Waals surface area contributed by atoms with E-state index < -0.39 is 0 Å². The number of nitrogens with one attached hydrogen (secondary N) is 1. The number of hydrogen-bond donors (Lipinski definition) is 1. The van der Waals surface area contributed by atoms with Gasteiger partial charge in [0.1, 0.15) is 0 Å². The smallest absolute Gasteiger partial charge is 0.242 e. The Morgan fingerprint density at radius 3 is 3.00 bits per heavy atom. The third-order valence-corrected chi connectivity index (χ3v) is 2.99. The van der Waals surface area contributed by atoms with Crippen molar-refractivity contribution in [2.24, 2.45) is 0 Å².